The Hall–Kier alpha value is -4.36. The van der Waals surface area contributed by atoms with Crippen molar-refractivity contribution in [2.45, 2.75) is 38.0 Å². The van der Waals surface area contributed by atoms with Gasteiger partial charge in [-0.05, 0) is 35.7 Å². The molecule has 53 heavy (non-hydrogen) atoms. The van der Waals surface area contributed by atoms with E-state index in [0.717, 1.165) is 16.3 Å². The van der Waals surface area contributed by atoms with Crippen LogP contribution in [0.15, 0.2) is 45.5 Å². The molecule has 0 saturated carbocycles. The minimum Gasteiger partial charge on any atom is -0.491 e. The van der Waals surface area contributed by atoms with E-state index in [2.05, 4.69) is 55.3 Å². The molecule has 2 aromatic rings. The van der Waals surface area contributed by atoms with Gasteiger partial charge in [0.2, 0.25) is 5.91 Å². The monoisotopic (exact) mass is 808 g/mol. The molecule has 26 nitrogen and oxygen atoms in total. The molecule has 1 aliphatic heterocycles. The van der Waals surface area contributed by atoms with Crippen LogP contribution in [0.3, 0.4) is 0 Å². The third-order valence-electron chi connectivity index (χ3n) is 6.27. The number of benzene rings is 1. The largest absolute Gasteiger partial charge is 0.491 e. The summed E-state index contributed by atoms with van der Waals surface area (Å²) < 4.78 is 69.5. The van der Waals surface area contributed by atoms with E-state index < -0.39 is 79.7 Å². The molecule has 3 rings (SSSR count). The molecule has 7 N–H and O–H groups in total. The fourth-order valence-corrected chi connectivity index (χ4v) is 7.19. The molecule has 0 bridgehead atoms. The molecule has 2 heterocycles. The number of anilines is 1. The molecule has 0 radical (unpaired) electrons. The summed E-state index contributed by atoms with van der Waals surface area (Å²) in [5.41, 5.74) is 23.2. The number of nitrogen functional groups attached to an aromatic ring is 1. The average molecular weight is 808 g/mol. The zero-order valence-electron chi connectivity index (χ0n) is 27.1. The lowest BCUT2D eigenvalue weighted by Crippen LogP contribution is -2.31. The van der Waals surface area contributed by atoms with E-state index >= 15 is 0 Å². The number of nitrogens with one attached hydrogen (secondary N) is 1. The molecular formula is C24H31N10O16P3. The molecule has 1 amide bonds. The number of azide groups is 2. The molecule has 29 heteroatoms. The Kier molecular flexibility index (Phi) is 16.0. The van der Waals surface area contributed by atoms with Gasteiger partial charge in [0, 0.05) is 22.4 Å². The van der Waals surface area contributed by atoms with E-state index in [-0.39, 0.29) is 31.0 Å². The predicted molar refractivity (Wildman–Crippen MR) is 176 cm³/mol. The molecule has 1 fully saturated rings. The van der Waals surface area contributed by atoms with Crippen molar-refractivity contribution in [1.82, 2.24) is 14.9 Å². The number of hydrogen-bond donors (Lipinski definition) is 6. The Morgan fingerprint density at radius 1 is 1.21 bits per heavy atom. The van der Waals surface area contributed by atoms with E-state index in [0.29, 0.717) is 5.75 Å². The normalized spacial score (nSPS) is 19.6. The number of rotatable bonds is 19. The summed E-state index contributed by atoms with van der Waals surface area (Å²) in [5.74, 6) is 4.82. The van der Waals surface area contributed by atoms with Crippen LogP contribution in [0.25, 0.3) is 20.9 Å². The van der Waals surface area contributed by atoms with Crippen LogP contribution in [0.2, 0.25) is 0 Å². The van der Waals surface area contributed by atoms with Crippen molar-refractivity contribution < 1.29 is 70.2 Å². The average Bonchev–Trinajstić information content (AvgIpc) is 3.45. The number of aromatic nitrogens is 2. The summed E-state index contributed by atoms with van der Waals surface area (Å²) in [4.78, 5) is 70.4. The first-order valence-electron chi connectivity index (χ1n) is 14.5. The summed E-state index contributed by atoms with van der Waals surface area (Å²) in [6.45, 7) is -0.559. The van der Waals surface area contributed by atoms with Gasteiger partial charge >= 0.3 is 29.2 Å². The number of carbonyl (C=O) groups is 1. The molecular weight excluding hydrogens is 777 g/mol. The molecule has 0 aliphatic carbocycles. The van der Waals surface area contributed by atoms with Crippen LogP contribution in [-0.4, -0.2) is 86.6 Å². The van der Waals surface area contributed by atoms with Crippen molar-refractivity contribution in [2.75, 3.05) is 38.8 Å². The van der Waals surface area contributed by atoms with Gasteiger partial charge in [0.1, 0.15) is 43.8 Å². The lowest BCUT2D eigenvalue weighted by molar-refractivity contribution is -0.127. The Morgan fingerprint density at radius 2 is 1.96 bits per heavy atom. The Balaban J connectivity index is 1.63. The first-order chi connectivity index (χ1) is 24.9. The highest BCUT2D eigenvalue weighted by Crippen LogP contribution is 2.66. The second-order valence-corrected chi connectivity index (χ2v) is 14.6. The Morgan fingerprint density at radius 3 is 2.64 bits per heavy atom. The first-order valence-corrected chi connectivity index (χ1v) is 19.0. The minimum atomic E-state index is -5.81. The van der Waals surface area contributed by atoms with E-state index in [9.17, 15) is 33.1 Å². The maximum absolute atomic E-state index is 12.7. The molecule has 6 atom stereocenters. The van der Waals surface area contributed by atoms with E-state index in [4.69, 9.17) is 45.5 Å². The van der Waals surface area contributed by atoms with Crippen LogP contribution in [-0.2, 0) is 45.8 Å². The quantitative estimate of drug-likeness (QED) is 0.0386. The summed E-state index contributed by atoms with van der Waals surface area (Å²) >= 11 is 0. The maximum Gasteiger partial charge on any atom is 0.490 e. The van der Waals surface area contributed by atoms with Crippen molar-refractivity contribution >= 4 is 35.2 Å². The minimum absolute atomic E-state index is 0.00122. The second-order valence-electron chi connectivity index (χ2n) is 10.2. The Labute approximate surface area is 297 Å². The maximum atomic E-state index is 12.7. The topological polar surface area (TPSA) is 384 Å². The number of nitrogens with two attached hydrogens (primary N) is 1. The van der Waals surface area contributed by atoms with Crippen LogP contribution < -0.4 is 21.5 Å². The zero-order valence-corrected chi connectivity index (χ0v) is 29.8. The fraction of sp³-hybridized carbons (Fsp3) is 0.458. The lowest BCUT2D eigenvalue weighted by Gasteiger charge is -2.21. The van der Waals surface area contributed by atoms with Gasteiger partial charge in [-0.1, -0.05) is 34.2 Å². The smallest absolute Gasteiger partial charge is 0.490 e. The van der Waals surface area contributed by atoms with E-state index in [1.165, 1.54) is 0 Å². The lowest BCUT2D eigenvalue weighted by atomic mass is 10.2. The van der Waals surface area contributed by atoms with Gasteiger partial charge in [0.25, 0.3) is 0 Å². The second kappa shape index (κ2) is 19.6. The van der Waals surface area contributed by atoms with Gasteiger partial charge in [0.05, 0.1) is 24.8 Å². The van der Waals surface area contributed by atoms with Gasteiger partial charge in [-0.2, -0.15) is 13.6 Å². The number of phosphoric acid groups is 3. The summed E-state index contributed by atoms with van der Waals surface area (Å²) in [7, 11) is -17.0. The van der Waals surface area contributed by atoms with Crippen molar-refractivity contribution in [3.8, 4) is 17.6 Å². The van der Waals surface area contributed by atoms with E-state index in [1.54, 1.807) is 18.2 Å². The summed E-state index contributed by atoms with van der Waals surface area (Å²) in [6.07, 6.45) is -3.89. The predicted octanol–water partition coefficient (Wildman–Crippen LogP) is 1.62. The van der Waals surface area contributed by atoms with Gasteiger partial charge < -0.3 is 49.6 Å². The number of carbonyl (C=O) groups excluding carboxylic acids is 1. The van der Waals surface area contributed by atoms with Crippen molar-refractivity contribution in [2.24, 2.45) is 10.2 Å². The van der Waals surface area contributed by atoms with Crippen LogP contribution in [0.1, 0.15) is 23.8 Å². The fourth-order valence-electron chi connectivity index (χ4n) is 4.16. The molecule has 6 unspecified atom stereocenters. The van der Waals surface area contributed by atoms with Gasteiger partial charge in [0.15, 0.2) is 6.23 Å². The van der Waals surface area contributed by atoms with E-state index in [1.807, 2.05) is 13.0 Å². The highest BCUT2D eigenvalue weighted by Gasteiger charge is 2.43. The van der Waals surface area contributed by atoms with Crippen molar-refractivity contribution in [3.63, 3.8) is 0 Å². The number of nitrogens with zero attached hydrogens (tertiary/aromatic N) is 8. The summed E-state index contributed by atoms with van der Waals surface area (Å²) in [5, 5.41) is 9.11. The molecule has 1 aromatic carbocycles. The van der Waals surface area contributed by atoms with Gasteiger partial charge in [-0.15, -0.1) is 0 Å². The third-order valence-corrected chi connectivity index (χ3v) is 10.1. The number of amides is 1. The molecule has 1 aliphatic rings. The zero-order chi connectivity index (χ0) is 39.2. The van der Waals surface area contributed by atoms with Crippen molar-refractivity contribution in [1.29, 1.82) is 0 Å². The van der Waals surface area contributed by atoms with Crippen LogP contribution in [0.4, 0.5) is 5.82 Å². The Bertz CT molecular complexity index is 1990. The van der Waals surface area contributed by atoms with Crippen LogP contribution in [0, 0.1) is 18.8 Å². The number of hydrogen-bond acceptors (Lipinski definition) is 16. The van der Waals surface area contributed by atoms with Crippen LogP contribution >= 0.6 is 23.5 Å². The van der Waals surface area contributed by atoms with Gasteiger partial charge in [-0.25, -0.2) is 18.5 Å². The number of ether oxygens (including phenoxy) is 4. The molecule has 1 aromatic heterocycles. The van der Waals surface area contributed by atoms with Gasteiger partial charge in [-0.3, -0.25) is 13.9 Å². The van der Waals surface area contributed by atoms with Crippen molar-refractivity contribution in [3.05, 3.63) is 73.0 Å². The SMILES string of the molecule is Cc1cccc(OCC(N=[N+]=[N-])OCC(=O)NCC#Cc2cn(C3CC(OCN=[N+]=[N-])C(COP(=O)(O)OP(=O)(O)OP(=O)(O)O)O3)c(=O)nc2N)c1. The first kappa shape index (κ1) is 43.0. The summed E-state index contributed by atoms with van der Waals surface area (Å²) in [6, 6.07) is 7.09. The number of aryl methyl sites for hydroxylation is 1. The molecule has 1 saturated heterocycles. The third kappa shape index (κ3) is 15.3. The van der Waals surface area contributed by atoms with Crippen LogP contribution in [0.5, 0.6) is 5.75 Å². The molecule has 288 valence electrons. The highest BCUT2D eigenvalue weighted by molar-refractivity contribution is 7.66. The highest BCUT2D eigenvalue weighted by atomic mass is 31.3. The standard InChI is InChI=1S/C24H31N10O16P3/c1-15-4-2-6-17(8-15)44-13-21(31-33-27)45-12-20(35)28-7-3-5-16-10-34(24(36)30-23(16)25)22-9-18(46-14-29-32-26)19(48-22)11-47-52(40,41)50-53(42,43)49-51(37,38)39/h2,4,6,8,10,18-19,21-22H,7,9,11-14H2,1H3,(H,28,35)(H,40,41)(H,42,43)(H2,25,30,36)(H2,37,38,39). The molecule has 0 spiro atoms. The number of phosphoric ester groups is 1.